The Morgan fingerprint density at radius 1 is 0.768 bits per heavy atom. The van der Waals surface area contributed by atoms with Crippen molar-refractivity contribution in [3.05, 3.63) is 177 Å². The number of nitrogens with zero attached hydrogens (tertiary/aromatic N) is 2. The minimum absolute atomic E-state index is 0. The van der Waals surface area contributed by atoms with Crippen LogP contribution in [-0.4, -0.2) is 9.97 Å². The van der Waals surface area contributed by atoms with Crippen molar-refractivity contribution in [1.29, 1.82) is 0 Å². The van der Waals surface area contributed by atoms with E-state index in [0.29, 0.717) is 57.9 Å². The van der Waals surface area contributed by atoms with Gasteiger partial charge >= 0.3 is 0 Å². The van der Waals surface area contributed by atoms with Crippen molar-refractivity contribution in [1.82, 2.24) is 9.97 Å². The van der Waals surface area contributed by atoms with Gasteiger partial charge in [0.1, 0.15) is 5.58 Å². The second-order valence-corrected chi connectivity index (χ2v) is 21.5. The second kappa shape index (κ2) is 21.1. The number of pyridine rings is 2. The second-order valence-electron chi connectivity index (χ2n) is 21.5. The van der Waals surface area contributed by atoms with Crippen LogP contribution in [0.1, 0.15) is 196 Å². The van der Waals surface area contributed by atoms with Crippen LogP contribution in [0.3, 0.4) is 0 Å². The smallest absolute Gasteiger partial charge is 0.120 e. The molecule has 361 valence electrons. The molecule has 69 heavy (non-hydrogen) atoms. The fourth-order valence-corrected chi connectivity index (χ4v) is 9.40. The van der Waals surface area contributed by atoms with Gasteiger partial charge in [0, 0.05) is 51.6 Å². The molecular formula is C65H74IrN2O-2. The van der Waals surface area contributed by atoms with Gasteiger partial charge in [-0.15, -0.1) is 47.5 Å². The Hall–Kier alpha value is -5.15. The molecule has 0 saturated heterocycles. The molecule has 4 heteroatoms. The maximum Gasteiger partial charge on any atom is 0.120 e. The molecule has 0 amide bonds. The zero-order valence-electron chi connectivity index (χ0n) is 53.2. The van der Waals surface area contributed by atoms with E-state index in [4.69, 9.17) is 18.1 Å². The van der Waals surface area contributed by atoms with Gasteiger partial charge in [0.15, 0.2) is 0 Å². The third-order valence-corrected chi connectivity index (χ3v) is 13.8. The van der Waals surface area contributed by atoms with Crippen molar-refractivity contribution in [3.8, 4) is 33.6 Å². The average molecular weight is 1100 g/mol. The largest absolute Gasteiger partial charge is 0.501 e. The Kier molecular flexibility index (Phi) is 11.8. The Balaban J connectivity index is 0.000000235. The van der Waals surface area contributed by atoms with Gasteiger partial charge in [0.2, 0.25) is 0 Å². The summed E-state index contributed by atoms with van der Waals surface area (Å²) in [5, 5.41) is 1.81. The number of para-hydroxylation sites is 1. The van der Waals surface area contributed by atoms with E-state index in [0.717, 1.165) is 46.0 Å². The van der Waals surface area contributed by atoms with Crippen molar-refractivity contribution in [3.63, 3.8) is 0 Å². The Morgan fingerprint density at radius 2 is 1.48 bits per heavy atom. The summed E-state index contributed by atoms with van der Waals surface area (Å²) in [5.41, 5.74) is 12.1. The van der Waals surface area contributed by atoms with Crippen LogP contribution in [0, 0.1) is 38.1 Å². The quantitative estimate of drug-likeness (QED) is 0.135. The number of hydrogen-bond acceptors (Lipinski definition) is 3. The predicted octanol–water partition coefficient (Wildman–Crippen LogP) is 18.5. The minimum atomic E-state index is -2.56. The number of benzene rings is 5. The molecule has 5 aromatic carbocycles. The van der Waals surface area contributed by atoms with Crippen LogP contribution >= 0.6 is 0 Å². The van der Waals surface area contributed by atoms with E-state index in [1.807, 2.05) is 48.7 Å². The van der Waals surface area contributed by atoms with Gasteiger partial charge in [-0.1, -0.05) is 160 Å². The van der Waals surface area contributed by atoms with E-state index in [-0.39, 0.29) is 71.9 Å². The zero-order chi connectivity index (χ0) is 57.9. The van der Waals surface area contributed by atoms with Gasteiger partial charge in [0.05, 0.1) is 6.95 Å². The van der Waals surface area contributed by atoms with Crippen LogP contribution in [-0.2, 0) is 31.9 Å². The predicted molar refractivity (Wildman–Crippen MR) is 289 cm³/mol. The van der Waals surface area contributed by atoms with Crippen LogP contribution in [0.15, 0.2) is 114 Å². The number of aryl methyl sites for hydroxylation is 3. The monoisotopic (exact) mass is 1100 g/mol. The fraction of sp³-hybridized carbons (Fsp3) is 0.385. The molecule has 3 heterocycles. The van der Waals surface area contributed by atoms with Gasteiger partial charge in [-0.3, -0.25) is 0 Å². The summed E-state index contributed by atoms with van der Waals surface area (Å²) in [6.07, 6.45) is 5.89. The van der Waals surface area contributed by atoms with E-state index in [9.17, 15) is 1.37 Å². The number of fused-ring (bicyclic) bond motifs is 3. The number of furan rings is 1. The molecule has 0 unspecified atom stereocenters. The van der Waals surface area contributed by atoms with E-state index < -0.39 is 26.4 Å². The van der Waals surface area contributed by atoms with Crippen molar-refractivity contribution in [2.75, 3.05) is 0 Å². The molecule has 0 atom stereocenters. The number of rotatable bonds is 9. The summed E-state index contributed by atoms with van der Waals surface area (Å²) in [6.45, 7) is 16.7. The zero-order valence-corrected chi connectivity index (χ0v) is 44.6. The molecular weight excluding hydrogens is 1020 g/mol. The number of hydrogen-bond donors (Lipinski definition) is 0. The molecule has 9 rings (SSSR count). The van der Waals surface area contributed by atoms with Crippen LogP contribution in [0.2, 0.25) is 0 Å². The summed E-state index contributed by atoms with van der Waals surface area (Å²) in [4.78, 5) is 9.12. The Bertz CT molecular complexity index is 3500. The van der Waals surface area contributed by atoms with E-state index in [1.54, 1.807) is 30.3 Å². The molecule has 3 aromatic heterocycles. The molecule has 1 aliphatic rings. The summed E-state index contributed by atoms with van der Waals surface area (Å²) < 4.78 is 99.0. The van der Waals surface area contributed by atoms with E-state index in [2.05, 4.69) is 116 Å². The summed E-state index contributed by atoms with van der Waals surface area (Å²) in [6, 6.07) is 34.9. The molecule has 3 nitrogen and oxygen atoms in total. The summed E-state index contributed by atoms with van der Waals surface area (Å²) >= 11 is 0. The minimum Gasteiger partial charge on any atom is -0.501 e. The molecule has 8 aromatic rings. The Labute approximate surface area is 443 Å². The first-order valence-corrected chi connectivity index (χ1v) is 24.3. The van der Waals surface area contributed by atoms with Gasteiger partial charge < -0.3 is 14.4 Å². The van der Waals surface area contributed by atoms with Crippen LogP contribution in [0.25, 0.3) is 55.6 Å². The molecule has 0 aliphatic heterocycles. The van der Waals surface area contributed by atoms with Gasteiger partial charge in [0.25, 0.3) is 0 Å². The standard InChI is InChI=1S/C34H34NO.C31H40N.Ir/c1-22-18-26(24-14-16-34(3,4)17-15-24)13-12-25(22)19-27-20-31(35-21-23(27)2)30-10-7-9-29-28-8-5-6-11-32(28)36-33(29)30;1-19(2)24-16-26(20(3)4)30(27(17-24)21(5)6)28-15-23(12-11-22(28)7)29-18-25(13-14-32-29)31(8,9)10;/h5-9,11-13,18,20-21,24H,14-17,19H2,1-4H3;11,13-21H,1-10H3;/q2*-1;/i1D3,2D3,12D,24D;7D3;. The summed E-state index contributed by atoms with van der Waals surface area (Å²) in [5.74, 6) is -0.0788. The van der Waals surface area contributed by atoms with Crippen LogP contribution in [0.5, 0.6) is 0 Å². The maximum absolute atomic E-state index is 9.21. The van der Waals surface area contributed by atoms with Gasteiger partial charge in [-0.05, 0) is 159 Å². The summed E-state index contributed by atoms with van der Waals surface area (Å²) in [7, 11) is 0. The van der Waals surface area contributed by atoms with E-state index >= 15 is 0 Å². The average Bonchev–Trinajstić information content (AvgIpc) is 3.95. The van der Waals surface area contributed by atoms with Crippen molar-refractivity contribution in [2.45, 2.75) is 158 Å². The van der Waals surface area contributed by atoms with Crippen LogP contribution in [0.4, 0.5) is 0 Å². The maximum atomic E-state index is 9.21. The molecule has 1 fully saturated rings. The molecule has 0 bridgehead atoms. The third kappa shape index (κ3) is 11.4. The third-order valence-electron chi connectivity index (χ3n) is 13.8. The Morgan fingerprint density at radius 3 is 2.14 bits per heavy atom. The van der Waals surface area contributed by atoms with Crippen LogP contribution < -0.4 is 0 Å². The number of aromatic nitrogens is 2. The molecule has 1 aliphatic carbocycles. The molecule has 1 saturated carbocycles. The first-order valence-electron chi connectivity index (χ1n) is 29.8. The van der Waals surface area contributed by atoms with Crippen molar-refractivity contribution >= 4 is 21.9 Å². The van der Waals surface area contributed by atoms with Gasteiger partial charge in [-0.25, -0.2) is 0 Å². The van der Waals surface area contributed by atoms with Crippen molar-refractivity contribution < 1.29 is 39.6 Å². The molecule has 1 radical (unpaired) electrons. The first-order chi connectivity index (χ1) is 36.7. The van der Waals surface area contributed by atoms with Crippen molar-refractivity contribution in [2.24, 2.45) is 5.41 Å². The SMILES string of the molecule is [2H]C([2H])([2H])c1c[c-]c(-c2cc(C(C)(C)C)ccn2)cc1-c1c(C(C)C)cc(C(C)C)cc1C(C)C.[2H]c1cc(C2([2H])CCC(C)(C)CC2)cc(C([2H])([2H])[2H])c1Cc1cc(-c2[c-]ccc3c2oc2ccccc23)ncc1C([2H])([2H])[2H].[Ir]. The fourth-order valence-electron chi connectivity index (χ4n) is 9.40. The molecule has 0 spiro atoms. The first kappa shape index (κ1) is 38.6. The topological polar surface area (TPSA) is 38.9 Å². The van der Waals surface area contributed by atoms with E-state index in [1.165, 1.54) is 28.5 Å². The molecule has 0 N–H and O–H groups in total. The van der Waals surface area contributed by atoms with Gasteiger partial charge in [-0.2, -0.15) is 0 Å². The normalized spacial score (nSPS) is 17.4.